The first-order valence-corrected chi connectivity index (χ1v) is 8.14. The summed E-state index contributed by atoms with van der Waals surface area (Å²) >= 11 is 0. The summed E-state index contributed by atoms with van der Waals surface area (Å²) in [7, 11) is 2.16. The van der Waals surface area contributed by atoms with Gasteiger partial charge in [-0.2, -0.15) is 0 Å². The summed E-state index contributed by atoms with van der Waals surface area (Å²) in [6, 6.07) is 3.81. The van der Waals surface area contributed by atoms with Gasteiger partial charge in [-0.3, -0.25) is 4.90 Å². The van der Waals surface area contributed by atoms with E-state index >= 15 is 0 Å². The van der Waals surface area contributed by atoms with E-state index in [0.29, 0.717) is 12.4 Å². The summed E-state index contributed by atoms with van der Waals surface area (Å²) < 4.78 is 0. The number of rotatable bonds is 3. The SMILES string of the molecule is CN1CCN(CC2(O)CCCN(c3ccc(N)nc3)C2)CC1. The van der Waals surface area contributed by atoms with E-state index in [9.17, 15) is 5.11 Å². The molecule has 3 rings (SSSR count). The number of aromatic nitrogens is 1. The lowest BCUT2D eigenvalue weighted by molar-refractivity contribution is -0.0172. The molecule has 3 heterocycles. The minimum atomic E-state index is -0.629. The minimum Gasteiger partial charge on any atom is -0.387 e. The van der Waals surface area contributed by atoms with E-state index in [1.54, 1.807) is 6.20 Å². The molecule has 2 aliphatic rings. The molecule has 1 aromatic heterocycles. The van der Waals surface area contributed by atoms with Crippen LogP contribution in [0, 0.1) is 0 Å². The van der Waals surface area contributed by atoms with Crippen LogP contribution in [0.15, 0.2) is 18.3 Å². The molecular weight excluding hydrogens is 278 g/mol. The molecule has 6 heteroatoms. The van der Waals surface area contributed by atoms with E-state index in [1.807, 2.05) is 12.1 Å². The zero-order valence-corrected chi connectivity index (χ0v) is 13.4. The van der Waals surface area contributed by atoms with Crippen LogP contribution in [0.4, 0.5) is 11.5 Å². The smallest absolute Gasteiger partial charge is 0.123 e. The van der Waals surface area contributed by atoms with Crippen LogP contribution in [0.25, 0.3) is 0 Å². The first-order chi connectivity index (χ1) is 10.5. The molecule has 2 saturated heterocycles. The maximum Gasteiger partial charge on any atom is 0.123 e. The molecule has 0 spiro atoms. The minimum absolute atomic E-state index is 0.536. The van der Waals surface area contributed by atoms with Gasteiger partial charge in [0, 0.05) is 45.8 Å². The van der Waals surface area contributed by atoms with E-state index in [1.165, 1.54) is 0 Å². The summed E-state index contributed by atoms with van der Waals surface area (Å²) in [6.45, 7) is 6.66. The Morgan fingerprint density at radius 1 is 1.23 bits per heavy atom. The van der Waals surface area contributed by atoms with Crippen molar-refractivity contribution < 1.29 is 5.11 Å². The van der Waals surface area contributed by atoms with E-state index in [4.69, 9.17) is 5.73 Å². The van der Waals surface area contributed by atoms with Crippen LogP contribution < -0.4 is 10.6 Å². The van der Waals surface area contributed by atoms with Gasteiger partial charge in [0.1, 0.15) is 5.82 Å². The van der Waals surface area contributed by atoms with Gasteiger partial charge in [-0.25, -0.2) is 4.98 Å². The van der Waals surface area contributed by atoms with Crippen LogP contribution in [0.3, 0.4) is 0 Å². The van der Waals surface area contributed by atoms with E-state index < -0.39 is 5.60 Å². The first kappa shape index (κ1) is 15.5. The molecule has 1 unspecified atom stereocenters. The average Bonchev–Trinajstić information content (AvgIpc) is 2.50. The van der Waals surface area contributed by atoms with Gasteiger partial charge in [0.15, 0.2) is 0 Å². The highest BCUT2D eigenvalue weighted by Gasteiger charge is 2.35. The summed E-state index contributed by atoms with van der Waals surface area (Å²) in [4.78, 5) is 11.1. The quantitative estimate of drug-likeness (QED) is 0.834. The fourth-order valence-electron chi connectivity index (χ4n) is 3.47. The topological polar surface area (TPSA) is 68.9 Å². The second kappa shape index (κ2) is 6.40. The lowest BCUT2D eigenvalue weighted by atomic mass is 9.91. The number of piperazine rings is 1. The van der Waals surface area contributed by atoms with Gasteiger partial charge in [-0.15, -0.1) is 0 Å². The average molecular weight is 305 g/mol. The van der Waals surface area contributed by atoms with Crippen LogP contribution in [0.5, 0.6) is 0 Å². The van der Waals surface area contributed by atoms with Gasteiger partial charge in [0.2, 0.25) is 0 Å². The van der Waals surface area contributed by atoms with Crippen molar-refractivity contribution in [3.63, 3.8) is 0 Å². The Balaban J connectivity index is 1.62. The second-order valence-corrected chi connectivity index (χ2v) is 6.77. The van der Waals surface area contributed by atoms with E-state index in [0.717, 1.165) is 57.8 Å². The van der Waals surface area contributed by atoms with Crippen LogP contribution >= 0.6 is 0 Å². The maximum absolute atomic E-state index is 11.0. The lowest BCUT2D eigenvalue weighted by Gasteiger charge is -2.44. The second-order valence-electron chi connectivity index (χ2n) is 6.77. The molecule has 0 aliphatic carbocycles. The van der Waals surface area contributed by atoms with Gasteiger partial charge < -0.3 is 20.6 Å². The number of nitrogens with two attached hydrogens (primary N) is 1. The molecule has 2 aliphatic heterocycles. The molecule has 1 aromatic rings. The summed E-state index contributed by atoms with van der Waals surface area (Å²) in [6.07, 6.45) is 3.68. The molecule has 0 bridgehead atoms. The van der Waals surface area contributed by atoms with Crippen LogP contribution in [0.1, 0.15) is 12.8 Å². The predicted octanol–water partition coefficient (Wildman–Crippen LogP) is 0.243. The third-order valence-electron chi connectivity index (χ3n) is 4.81. The van der Waals surface area contributed by atoms with Gasteiger partial charge >= 0.3 is 0 Å². The number of anilines is 2. The lowest BCUT2D eigenvalue weighted by Crippen LogP contribution is -2.57. The van der Waals surface area contributed by atoms with Gasteiger partial charge in [0.05, 0.1) is 17.5 Å². The fraction of sp³-hybridized carbons (Fsp3) is 0.688. The van der Waals surface area contributed by atoms with Crippen molar-refractivity contribution in [3.8, 4) is 0 Å². The molecule has 0 radical (unpaired) electrons. The third kappa shape index (κ3) is 3.69. The normalized spacial score (nSPS) is 28.0. The molecule has 2 fully saturated rings. The first-order valence-electron chi connectivity index (χ1n) is 8.14. The van der Waals surface area contributed by atoms with Gasteiger partial charge in [-0.1, -0.05) is 0 Å². The van der Waals surface area contributed by atoms with Gasteiger partial charge in [0.25, 0.3) is 0 Å². The van der Waals surface area contributed by atoms with E-state index in [-0.39, 0.29) is 0 Å². The zero-order chi connectivity index (χ0) is 15.6. The molecule has 122 valence electrons. The van der Waals surface area contributed by atoms with Crippen molar-refractivity contribution in [2.24, 2.45) is 0 Å². The Morgan fingerprint density at radius 2 is 2.00 bits per heavy atom. The Labute approximate surface area is 132 Å². The van der Waals surface area contributed by atoms with Crippen molar-refractivity contribution >= 4 is 11.5 Å². The Bertz CT molecular complexity index is 486. The molecular formula is C16H27N5O. The highest BCUT2D eigenvalue weighted by atomic mass is 16.3. The highest BCUT2D eigenvalue weighted by molar-refractivity contribution is 5.48. The summed E-state index contributed by atoms with van der Waals surface area (Å²) in [5, 5.41) is 11.0. The van der Waals surface area contributed by atoms with Crippen LogP contribution in [0.2, 0.25) is 0 Å². The number of aliphatic hydroxyl groups is 1. The number of piperidine rings is 1. The van der Waals surface area contributed by atoms with Crippen molar-refractivity contribution in [1.29, 1.82) is 0 Å². The number of pyridine rings is 1. The third-order valence-corrected chi connectivity index (χ3v) is 4.81. The predicted molar refractivity (Wildman–Crippen MR) is 89.0 cm³/mol. The molecule has 0 saturated carbocycles. The largest absolute Gasteiger partial charge is 0.387 e. The Morgan fingerprint density at radius 3 is 2.68 bits per heavy atom. The Kier molecular flexibility index (Phi) is 4.52. The van der Waals surface area contributed by atoms with Gasteiger partial charge in [-0.05, 0) is 32.0 Å². The molecule has 3 N–H and O–H groups in total. The highest BCUT2D eigenvalue weighted by Crippen LogP contribution is 2.27. The van der Waals surface area contributed by atoms with Crippen molar-refractivity contribution in [2.75, 3.05) is 63.5 Å². The van der Waals surface area contributed by atoms with Crippen LogP contribution in [-0.4, -0.2) is 78.4 Å². The van der Waals surface area contributed by atoms with Crippen molar-refractivity contribution in [2.45, 2.75) is 18.4 Å². The number of hydrogen-bond donors (Lipinski definition) is 2. The van der Waals surface area contributed by atoms with Crippen molar-refractivity contribution in [1.82, 2.24) is 14.8 Å². The summed E-state index contributed by atoms with van der Waals surface area (Å²) in [5.74, 6) is 0.536. The number of β-amino-alcohol motifs (C(OH)–C–C–N with tert-alkyl or cyclic N) is 1. The standard InChI is InChI=1S/C16H27N5O/c1-19-7-9-20(10-8-19)12-16(22)5-2-6-21(13-16)14-3-4-15(17)18-11-14/h3-4,11,22H,2,5-10,12-13H2,1H3,(H2,17,18). The van der Waals surface area contributed by atoms with Crippen LogP contribution in [-0.2, 0) is 0 Å². The number of hydrogen-bond acceptors (Lipinski definition) is 6. The molecule has 0 aromatic carbocycles. The monoisotopic (exact) mass is 305 g/mol. The Hall–Kier alpha value is -1.37. The molecule has 6 nitrogen and oxygen atoms in total. The van der Waals surface area contributed by atoms with E-state index in [2.05, 4.69) is 26.7 Å². The molecule has 0 amide bonds. The molecule has 1 atom stereocenters. The fourth-order valence-corrected chi connectivity index (χ4v) is 3.47. The number of nitrogens with zero attached hydrogens (tertiary/aromatic N) is 4. The summed E-state index contributed by atoms with van der Waals surface area (Å²) in [5.41, 5.74) is 6.07. The number of likely N-dealkylation sites (N-methyl/N-ethyl adjacent to an activating group) is 1. The number of nitrogen functional groups attached to an aromatic ring is 1. The maximum atomic E-state index is 11.0. The van der Waals surface area contributed by atoms with Crippen molar-refractivity contribution in [3.05, 3.63) is 18.3 Å². The molecule has 22 heavy (non-hydrogen) atoms. The zero-order valence-electron chi connectivity index (χ0n) is 13.4.